The predicted molar refractivity (Wildman–Crippen MR) is 54.5 cm³/mol. The average molecular weight is 343 g/mol. The SMILES string of the molecule is ClCC(CBr)(CBr)CBr. The van der Waals surface area contributed by atoms with Crippen molar-refractivity contribution in [3.05, 3.63) is 0 Å². The largest absolute Gasteiger partial charge is 0.126 e. The van der Waals surface area contributed by atoms with Crippen LogP contribution in [-0.4, -0.2) is 21.9 Å². The highest BCUT2D eigenvalue weighted by Gasteiger charge is 2.24. The second kappa shape index (κ2) is 5.39. The zero-order valence-electron chi connectivity index (χ0n) is 4.84. The van der Waals surface area contributed by atoms with Crippen molar-refractivity contribution in [1.82, 2.24) is 0 Å². The maximum Gasteiger partial charge on any atom is 0.0304 e. The van der Waals surface area contributed by atoms with E-state index in [-0.39, 0.29) is 5.41 Å². The summed E-state index contributed by atoms with van der Waals surface area (Å²) in [7, 11) is 0. The van der Waals surface area contributed by atoms with E-state index in [4.69, 9.17) is 11.6 Å². The van der Waals surface area contributed by atoms with Crippen LogP contribution in [0.25, 0.3) is 0 Å². The van der Waals surface area contributed by atoms with Gasteiger partial charge in [0.2, 0.25) is 0 Å². The molecule has 9 heavy (non-hydrogen) atoms. The van der Waals surface area contributed by atoms with Crippen molar-refractivity contribution in [2.45, 2.75) is 0 Å². The molecule has 0 aromatic heterocycles. The van der Waals surface area contributed by atoms with Crippen LogP contribution in [0.2, 0.25) is 0 Å². The molecule has 0 nitrogen and oxygen atoms in total. The number of hydrogen-bond donors (Lipinski definition) is 0. The summed E-state index contributed by atoms with van der Waals surface area (Å²) in [6.07, 6.45) is 0. The van der Waals surface area contributed by atoms with Gasteiger partial charge >= 0.3 is 0 Å². The van der Waals surface area contributed by atoms with Gasteiger partial charge in [-0.25, -0.2) is 0 Å². The molecule has 0 saturated heterocycles. The Bertz CT molecular complexity index is 55.1. The Morgan fingerprint density at radius 3 is 1.33 bits per heavy atom. The van der Waals surface area contributed by atoms with E-state index in [1.54, 1.807) is 0 Å². The van der Waals surface area contributed by atoms with Crippen molar-refractivity contribution in [2.24, 2.45) is 5.41 Å². The van der Waals surface area contributed by atoms with E-state index in [0.29, 0.717) is 5.88 Å². The highest BCUT2D eigenvalue weighted by molar-refractivity contribution is 9.10. The molecule has 0 saturated carbocycles. The molecule has 0 amide bonds. The van der Waals surface area contributed by atoms with Gasteiger partial charge in [-0.05, 0) is 0 Å². The van der Waals surface area contributed by atoms with Gasteiger partial charge in [0.15, 0.2) is 0 Å². The zero-order valence-corrected chi connectivity index (χ0v) is 10.4. The molecule has 0 aromatic rings. The van der Waals surface area contributed by atoms with Crippen molar-refractivity contribution in [2.75, 3.05) is 21.9 Å². The Labute approximate surface area is 86.1 Å². The molecule has 0 aromatic carbocycles. The number of alkyl halides is 4. The second-order valence-corrected chi connectivity index (χ2v) is 3.98. The van der Waals surface area contributed by atoms with Gasteiger partial charge < -0.3 is 0 Å². The van der Waals surface area contributed by atoms with E-state index < -0.39 is 0 Å². The van der Waals surface area contributed by atoms with Gasteiger partial charge in [-0.15, -0.1) is 11.6 Å². The Kier molecular flexibility index (Phi) is 6.43. The molecular weight excluding hydrogens is 335 g/mol. The lowest BCUT2D eigenvalue weighted by molar-refractivity contribution is 0.524. The summed E-state index contributed by atoms with van der Waals surface area (Å²) in [5, 5.41) is 2.79. The third-order valence-electron chi connectivity index (χ3n) is 1.13. The van der Waals surface area contributed by atoms with Crippen molar-refractivity contribution < 1.29 is 0 Å². The van der Waals surface area contributed by atoms with Gasteiger partial charge in [0.05, 0.1) is 0 Å². The number of rotatable bonds is 4. The lowest BCUT2D eigenvalue weighted by Crippen LogP contribution is -2.28. The van der Waals surface area contributed by atoms with Crippen LogP contribution < -0.4 is 0 Å². The molecule has 0 spiro atoms. The van der Waals surface area contributed by atoms with Crippen molar-refractivity contribution in [1.29, 1.82) is 0 Å². The van der Waals surface area contributed by atoms with Gasteiger partial charge in [-0.1, -0.05) is 47.8 Å². The van der Waals surface area contributed by atoms with Crippen LogP contribution in [0.15, 0.2) is 0 Å². The molecule has 0 atom stereocenters. The Morgan fingerprint density at radius 1 is 1.00 bits per heavy atom. The lowest BCUT2D eigenvalue weighted by atomic mass is 10.0. The lowest BCUT2D eigenvalue weighted by Gasteiger charge is -2.23. The second-order valence-electron chi connectivity index (χ2n) is 2.03. The summed E-state index contributed by atoms with van der Waals surface area (Å²) in [5.41, 5.74) is 0.182. The van der Waals surface area contributed by atoms with Crippen LogP contribution in [0.5, 0.6) is 0 Å². The first-order valence-electron chi connectivity index (χ1n) is 2.48. The first-order chi connectivity index (χ1) is 4.24. The molecule has 0 N–H and O–H groups in total. The molecule has 0 radical (unpaired) electrons. The Hall–Kier alpha value is 1.73. The normalized spacial score (nSPS) is 12.0. The first-order valence-corrected chi connectivity index (χ1v) is 6.38. The molecule has 0 fully saturated rings. The first kappa shape index (κ1) is 10.7. The van der Waals surface area contributed by atoms with E-state index in [1.165, 1.54) is 0 Å². The summed E-state index contributed by atoms with van der Waals surface area (Å²) in [5.74, 6) is 0.675. The molecule has 4 heteroatoms. The van der Waals surface area contributed by atoms with E-state index >= 15 is 0 Å². The fourth-order valence-electron chi connectivity index (χ4n) is 0.214. The van der Waals surface area contributed by atoms with Gasteiger partial charge in [0.25, 0.3) is 0 Å². The predicted octanol–water partition coefficient (Wildman–Crippen LogP) is 3.40. The van der Waals surface area contributed by atoms with Gasteiger partial charge in [-0.3, -0.25) is 0 Å². The summed E-state index contributed by atoms with van der Waals surface area (Å²) < 4.78 is 0. The quantitative estimate of drug-likeness (QED) is 0.687. The minimum atomic E-state index is 0.182. The van der Waals surface area contributed by atoms with Crippen molar-refractivity contribution >= 4 is 59.4 Å². The van der Waals surface area contributed by atoms with Crippen LogP contribution in [-0.2, 0) is 0 Å². The van der Waals surface area contributed by atoms with Crippen LogP contribution in [0, 0.1) is 5.41 Å². The van der Waals surface area contributed by atoms with Crippen molar-refractivity contribution in [3.63, 3.8) is 0 Å². The Morgan fingerprint density at radius 2 is 1.33 bits per heavy atom. The molecule has 0 heterocycles. The van der Waals surface area contributed by atoms with Crippen LogP contribution in [0.4, 0.5) is 0 Å². The monoisotopic (exact) mass is 340 g/mol. The standard InChI is InChI=1S/C5H8Br3Cl/c6-1-5(2-7,3-8)4-9/h1-4H2. The van der Waals surface area contributed by atoms with E-state index in [9.17, 15) is 0 Å². The highest BCUT2D eigenvalue weighted by Crippen LogP contribution is 2.26. The third-order valence-corrected chi connectivity index (χ3v) is 5.27. The number of halogens is 4. The van der Waals surface area contributed by atoms with Gasteiger partial charge in [0, 0.05) is 27.3 Å². The molecular formula is C5H8Br3Cl. The summed E-state index contributed by atoms with van der Waals surface area (Å²) in [6, 6.07) is 0. The van der Waals surface area contributed by atoms with E-state index in [1.807, 2.05) is 0 Å². The van der Waals surface area contributed by atoms with E-state index in [0.717, 1.165) is 16.0 Å². The van der Waals surface area contributed by atoms with Gasteiger partial charge in [-0.2, -0.15) is 0 Å². The maximum absolute atomic E-state index is 5.73. The topological polar surface area (TPSA) is 0 Å². The molecule has 0 bridgehead atoms. The summed E-state index contributed by atoms with van der Waals surface area (Å²) in [4.78, 5) is 0. The van der Waals surface area contributed by atoms with Crippen LogP contribution in [0.3, 0.4) is 0 Å². The minimum Gasteiger partial charge on any atom is -0.126 e. The fourth-order valence-corrected chi connectivity index (χ4v) is 4.56. The average Bonchev–Trinajstić information content (AvgIpc) is 1.95. The summed E-state index contributed by atoms with van der Waals surface area (Å²) >= 11 is 16.0. The molecule has 0 rings (SSSR count). The molecule has 0 aliphatic heterocycles. The maximum atomic E-state index is 5.73. The molecule has 0 unspecified atom stereocenters. The molecule has 0 aliphatic rings. The number of hydrogen-bond acceptors (Lipinski definition) is 0. The summed E-state index contributed by atoms with van der Waals surface area (Å²) in [6.45, 7) is 0. The smallest absolute Gasteiger partial charge is 0.0304 e. The van der Waals surface area contributed by atoms with Gasteiger partial charge in [0.1, 0.15) is 0 Å². The minimum absolute atomic E-state index is 0.182. The third kappa shape index (κ3) is 3.08. The highest BCUT2D eigenvalue weighted by atomic mass is 79.9. The molecule has 56 valence electrons. The van der Waals surface area contributed by atoms with E-state index in [2.05, 4.69) is 47.8 Å². The Balaban J connectivity index is 3.82. The van der Waals surface area contributed by atoms with Crippen molar-refractivity contribution in [3.8, 4) is 0 Å². The molecule has 0 aliphatic carbocycles. The fraction of sp³-hybridized carbons (Fsp3) is 1.00. The zero-order chi connectivity index (χ0) is 7.33. The van der Waals surface area contributed by atoms with Crippen LogP contribution >= 0.6 is 59.4 Å². The van der Waals surface area contributed by atoms with Crippen LogP contribution in [0.1, 0.15) is 0 Å².